The molecule has 1 heterocycles. The van der Waals surface area contributed by atoms with E-state index in [4.69, 9.17) is 11.6 Å². The second-order valence-corrected chi connectivity index (χ2v) is 7.31. The highest BCUT2D eigenvalue weighted by Crippen LogP contribution is 2.12. The Labute approximate surface area is 175 Å². The van der Waals surface area contributed by atoms with Crippen LogP contribution in [0.4, 0.5) is 5.95 Å². The fourth-order valence-corrected chi connectivity index (χ4v) is 2.78. The van der Waals surface area contributed by atoms with Crippen LogP contribution in [0.1, 0.15) is 22.3 Å². The largest absolute Gasteiger partial charge is 0.352 e. The van der Waals surface area contributed by atoms with Gasteiger partial charge in [0.2, 0.25) is 11.9 Å². The number of benzene rings is 2. The Morgan fingerprint density at radius 2 is 1.79 bits per heavy atom. The van der Waals surface area contributed by atoms with Crippen LogP contribution >= 0.6 is 27.5 Å². The van der Waals surface area contributed by atoms with E-state index in [1.165, 1.54) is 0 Å². The molecule has 9 heteroatoms. The maximum atomic E-state index is 12.0. The third kappa shape index (κ3) is 5.90. The van der Waals surface area contributed by atoms with Gasteiger partial charge in [-0.05, 0) is 42.0 Å². The van der Waals surface area contributed by atoms with Crippen LogP contribution in [-0.4, -0.2) is 33.1 Å². The third-order valence-corrected chi connectivity index (χ3v) is 4.57. The van der Waals surface area contributed by atoms with E-state index in [1.54, 1.807) is 35.3 Å². The summed E-state index contributed by atoms with van der Waals surface area (Å²) in [7, 11) is 0. The van der Waals surface area contributed by atoms with Gasteiger partial charge in [0.1, 0.15) is 6.33 Å². The SMILES string of the molecule is O=C(CCNC(=O)c1ccc(Cl)cc1)Nc1ncn(Cc2ccc(Br)cc2)n1. The summed E-state index contributed by atoms with van der Waals surface area (Å²) in [5.41, 5.74) is 1.55. The summed E-state index contributed by atoms with van der Waals surface area (Å²) in [5.74, 6) is -0.315. The Morgan fingerprint density at radius 3 is 2.50 bits per heavy atom. The van der Waals surface area contributed by atoms with Gasteiger partial charge in [0.25, 0.3) is 5.91 Å². The van der Waals surface area contributed by atoms with Crippen molar-refractivity contribution >= 4 is 45.3 Å². The summed E-state index contributed by atoms with van der Waals surface area (Å²) >= 11 is 9.19. The van der Waals surface area contributed by atoms with Gasteiger partial charge >= 0.3 is 0 Å². The van der Waals surface area contributed by atoms with Crippen LogP contribution in [0.3, 0.4) is 0 Å². The van der Waals surface area contributed by atoms with Crippen molar-refractivity contribution in [2.24, 2.45) is 0 Å². The van der Waals surface area contributed by atoms with E-state index in [0.717, 1.165) is 10.0 Å². The Kier molecular flexibility index (Phi) is 6.78. The first-order chi connectivity index (χ1) is 13.5. The normalized spacial score (nSPS) is 10.5. The second-order valence-electron chi connectivity index (χ2n) is 5.95. The number of hydrogen-bond donors (Lipinski definition) is 2. The van der Waals surface area contributed by atoms with Gasteiger partial charge in [0, 0.05) is 28.0 Å². The fourth-order valence-electron chi connectivity index (χ4n) is 2.39. The molecule has 144 valence electrons. The zero-order valence-electron chi connectivity index (χ0n) is 14.7. The summed E-state index contributed by atoms with van der Waals surface area (Å²) in [6.07, 6.45) is 1.67. The minimum absolute atomic E-state index is 0.112. The number of halogens is 2. The van der Waals surface area contributed by atoms with Crippen molar-refractivity contribution in [3.63, 3.8) is 0 Å². The lowest BCUT2D eigenvalue weighted by molar-refractivity contribution is -0.116. The van der Waals surface area contributed by atoms with Gasteiger partial charge in [-0.2, -0.15) is 0 Å². The van der Waals surface area contributed by atoms with Crippen molar-refractivity contribution in [1.29, 1.82) is 0 Å². The first-order valence-corrected chi connectivity index (χ1v) is 9.64. The van der Waals surface area contributed by atoms with Gasteiger partial charge in [0.05, 0.1) is 6.54 Å². The molecule has 0 bridgehead atoms. The van der Waals surface area contributed by atoms with E-state index in [9.17, 15) is 9.59 Å². The van der Waals surface area contributed by atoms with Crippen molar-refractivity contribution < 1.29 is 9.59 Å². The number of nitrogens with zero attached hydrogens (tertiary/aromatic N) is 3. The maximum Gasteiger partial charge on any atom is 0.251 e. The lowest BCUT2D eigenvalue weighted by atomic mass is 10.2. The summed E-state index contributed by atoms with van der Waals surface area (Å²) < 4.78 is 2.65. The van der Waals surface area contributed by atoms with E-state index in [0.29, 0.717) is 17.1 Å². The fraction of sp³-hybridized carbons (Fsp3) is 0.158. The summed E-state index contributed by atoms with van der Waals surface area (Å²) in [6, 6.07) is 14.4. The molecule has 0 saturated heterocycles. The molecule has 0 fully saturated rings. The molecule has 7 nitrogen and oxygen atoms in total. The maximum absolute atomic E-state index is 12.0. The van der Waals surface area contributed by atoms with E-state index in [1.807, 2.05) is 24.3 Å². The van der Waals surface area contributed by atoms with Gasteiger partial charge in [-0.25, -0.2) is 9.67 Å². The van der Waals surface area contributed by atoms with Gasteiger partial charge < -0.3 is 5.32 Å². The Balaban J connectivity index is 1.43. The average molecular weight is 463 g/mol. The summed E-state index contributed by atoms with van der Waals surface area (Å²) in [6.45, 7) is 0.750. The first kappa shape index (κ1) is 20.0. The molecule has 0 atom stereocenters. The summed E-state index contributed by atoms with van der Waals surface area (Å²) in [4.78, 5) is 28.1. The number of amides is 2. The standard InChI is InChI=1S/C19H17BrClN5O2/c20-15-5-1-13(2-6-15)11-26-12-23-19(25-26)24-17(27)9-10-22-18(28)14-3-7-16(21)8-4-14/h1-8,12H,9-11H2,(H,22,28)(H,24,25,27). The molecule has 2 aromatic carbocycles. The number of anilines is 1. The molecule has 1 aromatic heterocycles. The molecule has 3 aromatic rings. The van der Waals surface area contributed by atoms with Crippen LogP contribution in [0.15, 0.2) is 59.3 Å². The lowest BCUT2D eigenvalue weighted by Gasteiger charge is -2.05. The van der Waals surface area contributed by atoms with Crippen molar-refractivity contribution in [3.8, 4) is 0 Å². The predicted molar refractivity (Wildman–Crippen MR) is 110 cm³/mol. The minimum atomic E-state index is -0.280. The molecule has 0 aliphatic carbocycles. The Hall–Kier alpha value is -2.71. The van der Waals surface area contributed by atoms with E-state index in [-0.39, 0.29) is 30.7 Å². The molecule has 0 aliphatic rings. The Morgan fingerprint density at radius 1 is 1.07 bits per heavy atom. The molecule has 0 unspecified atom stereocenters. The monoisotopic (exact) mass is 461 g/mol. The molecule has 0 saturated carbocycles. The van der Waals surface area contributed by atoms with Crippen molar-refractivity contribution in [2.75, 3.05) is 11.9 Å². The zero-order chi connectivity index (χ0) is 19.9. The molecule has 3 rings (SSSR count). The van der Waals surface area contributed by atoms with Crippen LogP contribution in [0.2, 0.25) is 5.02 Å². The highest BCUT2D eigenvalue weighted by Gasteiger charge is 2.09. The zero-order valence-corrected chi connectivity index (χ0v) is 17.1. The molecule has 0 aliphatic heterocycles. The van der Waals surface area contributed by atoms with Crippen molar-refractivity contribution in [1.82, 2.24) is 20.1 Å². The van der Waals surface area contributed by atoms with Gasteiger partial charge in [-0.1, -0.05) is 39.7 Å². The predicted octanol–water partition coefficient (Wildman–Crippen LogP) is 3.50. The molecule has 0 radical (unpaired) electrons. The Bertz CT molecular complexity index is 957. The first-order valence-electron chi connectivity index (χ1n) is 8.47. The van der Waals surface area contributed by atoms with Crippen molar-refractivity contribution in [2.45, 2.75) is 13.0 Å². The van der Waals surface area contributed by atoms with Gasteiger partial charge in [0.15, 0.2) is 0 Å². The summed E-state index contributed by atoms with van der Waals surface area (Å²) in [5, 5.41) is 10.1. The molecular formula is C19H17BrClN5O2. The van der Waals surface area contributed by atoms with E-state index >= 15 is 0 Å². The molecule has 28 heavy (non-hydrogen) atoms. The van der Waals surface area contributed by atoms with Crippen LogP contribution in [0.5, 0.6) is 0 Å². The number of carbonyl (C=O) groups is 2. The minimum Gasteiger partial charge on any atom is -0.352 e. The van der Waals surface area contributed by atoms with Crippen LogP contribution < -0.4 is 10.6 Å². The van der Waals surface area contributed by atoms with E-state index < -0.39 is 0 Å². The molecule has 2 amide bonds. The molecular weight excluding hydrogens is 446 g/mol. The topological polar surface area (TPSA) is 88.9 Å². The van der Waals surface area contributed by atoms with Crippen LogP contribution in [0, 0.1) is 0 Å². The van der Waals surface area contributed by atoms with Gasteiger partial charge in [-0.15, -0.1) is 5.10 Å². The van der Waals surface area contributed by atoms with Gasteiger partial charge in [-0.3, -0.25) is 14.9 Å². The third-order valence-electron chi connectivity index (χ3n) is 3.79. The van der Waals surface area contributed by atoms with E-state index in [2.05, 4.69) is 36.6 Å². The smallest absolute Gasteiger partial charge is 0.251 e. The number of carbonyl (C=O) groups excluding carboxylic acids is 2. The quantitative estimate of drug-likeness (QED) is 0.562. The average Bonchev–Trinajstić information content (AvgIpc) is 3.10. The number of nitrogens with one attached hydrogen (secondary N) is 2. The highest BCUT2D eigenvalue weighted by molar-refractivity contribution is 9.10. The van der Waals surface area contributed by atoms with Crippen LogP contribution in [-0.2, 0) is 11.3 Å². The van der Waals surface area contributed by atoms with Crippen molar-refractivity contribution in [3.05, 3.63) is 75.5 Å². The number of aromatic nitrogens is 3. The van der Waals surface area contributed by atoms with Crippen LogP contribution in [0.25, 0.3) is 0 Å². The second kappa shape index (κ2) is 9.48. The number of rotatable bonds is 7. The molecule has 0 spiro atoms. The number of hydrogen-bond acceptors (Lipinski definition) is 4. The lowest BCUT2D eigenvalue weighted by Crippen LogP contribution is -2.27. The highest BCUT2D eigenvalue weighted by atomic mass is 79.9. The molecule has 2 N–H and O–H groups in total.